The van der Waals surface area contributed by atoms with E-state index in [9.17, 15) is 19.7 Å². The van der Waals surface area contributed by atoms with Crippen molar-refractivity contribution in [2.24, 2.45) is 0 Å². The zero-order chi connectivity index (χ0) is 20.5. The maximum atomic E-state index is 12.1. The molecule has 0 aliphatic carbocycles. The largest absolute Gasteiger partial charge is 0.496 e. The monoisotopic (exact) mass is 388 g/mol. The lowest BCUT2D eigenvalue weighted by atomic mass is 10.2. The third kappa shape index (κ3) is 5.97. The Bertz CT molecular complexity index is 836. The van der Waals surface area contributed by atoms with E-state index in [0.717, 1.165) is 5.56 Å². The second-order valence-corrected chi connectivity index (χ2v) is 5.76. The standard InChI is InChI=1S/C19H20N2O7/c1-20(11-14-5-3-4-6-17(14)26-2)18(22)12-28-19(23)13-27-16-9-7-15(8-10-16)21(24)25/h3-10H,11-13H2,1-2H3. The quantitative estimate of drug-likeness (QED) is 0.368. The first-order chi connectivity index (χ1) is 13.4. The van der Waals surface area contributed by atoms with Crippen LogP contribution < -0.4 is 9.47 Å². The summed E-state index contributed by atoms with van der Waals surface area (Å²) in [5.41, 5.74) is 0.743. The highest BCUT2D eigenvalue weighted by Gasteiger charge is 2.15. The lowest BCUT2D eigenvalue weighted by Crippen LogP contribution is -2.31. The molecule has 1 amide bonds. The van der Waals surface area contributed by atoms with Crippen molar-refractivity contribution < 1.29 is 28.7 Å². The van der Waals surface area contributed by atoms with Gasteiger partial charge in [0.15, 0.2) is 13.2 Å². The number of benzene rings is 2. The summed E-state index contributed by atoms with van der Waals surface area (Å²) in [6.07, 6.45) is 0. The van der Waals surface area contributed by atoms with Gasteiger partial charge >= 0.3 is 5.97 Å². The number of hydrogen-bond donors (Lipinski definition) is 0. The van der Waals surface area contributed by atoms with Crippen molar-refractivity contribution in [3.63, 3.8) is 0 Å². The Balaban J connectivity index is 1.76. The van der Waals surface area contributed by atoms with Gasteiger partial charge in [0.2, 0.25) is 0 Å². The first kappa shape index (κ1) is 20.7. The number of nitrogens with zero attached hydrogens (tertiary/aromatic N) is 2. The number of nitro groups is 1. The number of ether oxygens (including phenoxy) is 3. The number of para-hydroxylation sites is 1. The number of rotatable bonds is 9. The molecular weight excluding hydrogens is 368 g/mol. The Labute approximate surface area is 161 Å². The molecule has 0 radical (unpaired) electrons. The molecule has 148 valence electrons. The lowest BCUT2D eigenvalue weighted by Gasteiger charge is -2.18. The number of methoxy groups -OCH3 is 1. The van der Waals surface area contributed by atoms with Crippen LogP contribution in [0, 0.1) is 10.1 Å². The van der Waals surface area contributed by atoms with Gasteiger partial charge in [-0.15, -0.1) is 0 Å². The normalized spacial score (nSPS) is 10.1. The van der Waals surface area contributed by atoms with Crippen LogP contribution in [0.15, 0.2) is 48.5 Å². The van der Waals surface area contributed by atoms with E-state index >= 15 is 0 Å². The third-order valence-corrected chi connectivity index (χ3v) is 3.79. The van der Waals surface area contributed by atoms with E-state index in [2.05, 4.69) is 0 Å². The number of non-ortho nitro benzene ring substituents is 1. The lowest BCUT2D eigenvalue weighted by molar-refractivity contribution is -0.384. The van der Waals surface area contributed by atoms with Crippen molar-refractivity contribution in [3.8, 4) is 11.5 Å². The summed E-state index contributed by atoms with van der Waals surface area (Å²) < 4.78 is 15.3. The van der Waals surface area contributed by atoms with Crippen molar-refractivity contribution in [2.75, 3.05) is 27.4 Å². The first-order valence-electron chi connectivity index (χ1n) is 8.29. The summed E-state index contributed by atoms with van der Waals surface area (Å²) in [4.78, 5) is 35.3. The molecule has 0 aromatic heterocycles. The number of nitro benzene ring substituents is 1. The molecule has 0 bridgehead atoms. The van der Waals surface area contributed by atoms with E-state index in [4.69, 9.17) is 14.2 Å². The highest BCUT2D eigenvalue weighted by Crippen LogP contribution is 2.19. The summed E-state index contributed by atoms with van der Waals surface area (Å²) in [6.45, 7) is -0.533. The van der Waals surface area contributed by atoms with Gasteiger partial charge in [-0.05, 0) is 18.2 Å². The van der Waals surface area contributed by atoms with Gasteiger partial charge in [0.1, 0.15) is 11.5 Å². The van der Waals surface area contributed by atoms with Gasteiger partial charge in [0.05, 0.1) is 12.0 Å². The third-order valence-electron chi connectivity index (χ3n) is 3.79. The molecular formula is C19H20N2O7. The number of likely N-dealkylation sites (N-methyl/N-ethyl adjacent to an activating group) is 1. The Hall–Kier alpha value is -3.62. The van der Waals surface area contributed by atoms with E-state index in [0.29, 0.717) is 12.3 Å². The Morgan fingerprint density at radius 1 is 1.07 bits per heavy atom. The van der Waals surface area contributed by atoms with Crippen LogP contribution in [0.5, 0.6) is 11.5 Å². The maximum absolute atomic E-state index is 12.1. The van der Waals surface area contributed by atoms with Crippen molar-refractivity contribution in [1.29, 1.82) is 0 Å². The first-order valence-corrected chi connectivity index (χ1v) is 8.29. The number of amides is 1. The maximum Gasteiger partial charge on any atom is 0.344 e. The molecule has 0 heterocycles. The number of carbonyl (C=O) groups is 2. The summed E-state index contributed by atoms with van der Waals surface area (Å²) in [5.74, 6) is -0.162. The van der Waals surface area contributed by atoms with Crippen LogP contribution in [-0.4, -0.2) is 49.1 Å². The second kappa shape index (κ2) is 9.91. The average molecular weight is 388 g/mol. The molecule has 9 nitrogen and oxygen atoms in total. The van der Waals surface area contributed by atoms with Gasteiger partial charge < -0.3 is 19.1 Å². The predicted octanol–water partition coefficient (Wildman–Crippen LogP) is 2.18. The van der Waals surface area contributed by atoms with E-state index in [1.807, 2.05) is 18.2 Å². The summed E-state index contributed by atoms with van der Waals surface area (Å²) in [7, 11) is 3.14. The van der Waals surface area contributed by atoms with Crippen LogP contribution in [0.2, 0.25) is 0 Å². The van der Waals surface area contributed by atoms with E-state index in [1.165, 1.54) is 29.2 Å². The van der Waals surface area contributed by atoms with Crippen LogP contribution in [0.3, 0.4) is 0 Å². The molecule has 0 unspecified atom stereocenters. The molecule has 2 aromatic carbocycles. The minimum Gasteiger partial charge on any atom is -0.496 e. The minimum atomic E-state index is -0.725. The van der Waals surface area contributed by atoms with Crippen molar-refractivity contribution >= 4 is 17.6 Å². The van der Waals surface area contributed by atoms with Crippen molar-refractivity contribution in [1.82, 2.24) is 4.90 Å². The Morgan fingerprint density at radius 2 is 1.75 bits per heavy atom. The van der Waals surface area contributed by atoms with Crippen LogP contribution in [0.1, 0.15) is 5.56 Å². The summed E-state index contributed by atoms with van der Waals surface area (Å²) in [5, 5.41) is 10.6. The molecule has 0 aliphatic heterocycles. The highest BCUT2D eigenvalue weighted by atomic mass is 16.6. The second-order valence-electron chi connectivity index (χ2n) is 5.76. The van der Waals surface area contributed by atoms with E-state index < -0.39 is 24.1 Å². The molecule has 0 spiro atoms. The fourth-order valence-electron chi connectivity index (χ4n) is 2.28. The molecule has 0 atom stereocenters. The highest BCUT2D eigenvalue weighted by molar-refractivity contribution is 5.80. The fraction of sp³-hybridized carbons (Fsp3) is 0.263. The Kier molecular flexibility index (Phi) is 7.32. The van der Waals surface area contributed by atoms with E-state index in [-0.39, 0.29) is 17.3 Å². The predicted molar refractivity (Wildman–Crippen MR) is 99.0 cm³/mol. The van der Waals surface area contributed by atoms with Gasteiger partial charge in [-0.2, -0.15) is 0 Å². The number of esters is 1. The van der Waals surface area contributed by atoms with Crippen LogP contribution >= 0.6 is 0 Å². The van der Waals surface area contributed by atoms with Crippen molar-refractivity contribution in [2.45, 2.75) is 6.54 Å². The minimum absolute atomic E-state index is 0.0846. The van der Waals surface area contributed by atoms with Gasteiger partial charge in [0.25, 0.3) is 11.6 Å². The van der Waals surface area contributed by atoms with Crippen LogP contribution in [-0.2, 0) is 20.9 Å². The zero-order valence-corrected chi connectivity index (χ0v) is 15.5. The molecule has 0 saturated carbocycles. The molecule has 28 heavy (non-hydrogen) atoms. The van der Waals surface area contributed by atoms with Gasteiger partial charge in [0, 0.05) is 31.3 Å². The van der Waals surface area contributed by atoms with Crippen LogP contribution in [0.25, 0.3) is 0 Å². The molecule has 2 aromatic rings. The Morgan fingerprint density at radius 3 is 2.39 bits per heavy atom. The zero-order valence-electron chi connectivity index (χ0n) is 15.5. The van der Waals surface area contributed by atoms with Crippen molar-refractivity contribution in [3.05, 3.63) is 64.2 Å². The van der Waals surface area contributed by atoms with Crippen LogP contribution in [0.4, 0.5) is 5.69 Å². The summed E-state index contributed by atoms with van der Waals surface area (Å²) in [6, 6.07) is 12.6. The van der Waals surface area contributed by atoms with Gasteiger partial charge in [-0.25, -0.2) is 4.79 Å². The van der Waals surface area contributed by atoms with E-state index in [1.54, 1.807) is 20.2 Å². The molecule has 0 N–H and O–H groups in total. The molecule has 0 aliphatic rings. The average Bonchev–Trinajstić information content (AvgIpc) is 2.71. The van der Waals surface area contributed by atoms with Gasteiger partial charge in [-0.1, -0.05) is 18.2 Å². The molecule has 0 saturated heterocycles. The van der Waals surface area contributed by atoms with Gasteiger partial charge in [-0.3, -0.25) is 14.9 Å². The number of carbonyl (C=O) groups excluding carboxylic acids is 2. The number of hydrogen-bond acceptors (Lipinski definition) is 7. The fourth-order valence-corrected chi connectivity index (χ4v) is 2.28. The summed E-state index contributed by atoms with van der Waals surface area (Å²) >= 11 is 0. The SMILES string of the molecule is COc1ccccc1CN(C)C(=O)COC(=O)COc1ccc([N+](=O)[O-])cc1. The molecule has 2 rings (SSSR count). The molecule has 9 heteroatoms. The topological polar surface area (TPSA) is 108 Å². The smallest absolute Gasteiger partial charge is 0.344 e. The molecule has 0 fully saturated rings.